The van der Waals surface area contributed by atoms with Gasteiger partial charge < -0.3 is 4.74 Å². The maximum atomic E-state index is 13.5. The fourth-order valence-corrected chi connectivity index (χ4v) is 2.93. The highest BCUT2D eigenvalue weighted by Gasteiger charge is 2.15. The number of carbonyl (C=O) groups excluding carboxylic acids is 1. The zero-order valence-corrected chi connectivity index (χ0v) is 14.0. The van der Waals surface area contributed by atoms with Crippen molar-refractivity contribution in [3.8, 4) is 0 Å². The number of hydrogen-bond donors (Lipinski definition) is 2. The molecule has 0 atom stereocenters. The number of amides is 1. The van der Waals surface area contributed by atoms with E-state index in [1.807, 2.05) is 0 Å². The number of ether oxygens (including phenoxy) is 1. The standard InChI is InChI=1S/C16H17FN2O4S/c1-3-23-16(20)18-12-5-7-13(8-6-12)19-24(21,22)14-9-4-11(2)15(17)10-14/h4-10,19H,3H2,1-2H3,(H,18,20). The van der Waals surface area contributed by atoms with Crippen LogP contribution in [-0.2, 0) is 14.8 Å². The number of nitrogens with one attached hydrogen (secondary N) is 2. The van der Waals surface area contributed by atoms with Gasteiger partial charge in [-0.2, -0.15) is 0 Å². The van der Waals surface area contributed by atoms with E-state index in [2.05, 4.69) is 10.0 Å². The third-order valence-electron chi connectivity index (χ3n) is 3.11. The monoisotopic (exact) mass is 352 g/mol. The lowest BCUT2D eigenvalue weighted by atomic mass is 10.2. The molecule has 0 fully saturated rings. The molecule has 0 aliphatic heterocycles. The van der Waals surface area contributed by atoms with E-state index in [9.17, 15) is 17.6 Å². The molecule has 1 amide bonds. The third kappa shape index (κ3) is 4.45. The van der Waals surface area contributed by atoms with E-state index in [0.717, 1.165) is 6.07 Å². The molecular formula is C16H17FN2O4S. The van der Waals surface area contributed by atoms with Crippen molar-refractivity contribution in [1.29, 1.82) is 0 Å². The first-order chi connectivity index (χ1) is 11.3. The lowest BCUT2D eigenvalue weighted by Crippen LogP contribution is -2.14. The lowest BCUT2D eigenvalue weighted by Gasteiger charge is -2.10. The minimum atomic E-state index is -3.90. The van der Waals surface area contributed by atoms with Crippen LogP contribution in [0.4, 0.5) is 20.6 Å². The van der Waals surface area contributed by atoms with E-state index < -0.39 is 21.9 Å². The van der Waals surface area contributed by atoms with E-state index in [4.69, 9.17) is 4.74 Å². The first kappa shape index (κ1) is 17.7. The van der Waals surface area contributed by atoms with Crippen LogP contribution in [0.5, 0.6) is 0 Å². The van der Waals surface area contributed by atoms with Crippen LogP contribution in [0.2, 0.25) is 0 Å². The summed E-state index contributed by atoms with van der Waals surface area (Å²) in [6.07, 6.45) is -0.596. The molecule has 0 unspecified atom stereocenters. The third-order valence-corrected chi connectivity index (χ3v) is 4.49. The Labute approximate surface area is 139 Å². The molecule has 6 nitrogen and oxygen atoms in total. The minimum Gasteiger partial charge on any atom is -0.450 e. The molecule has 2 aromatic carbocycles. The molecule has 0 spiro atoms. The predicted molar refractivity (Wildman–Crippen MR) is 89.0 cm³/mol. The van der Waals surface area contributed by atoms with Gasteiger partial charge in [-0.1, -0.05) is 6.07 Å². The molecule has 0 aliphatic rings. The summed E-state index contributed by atoms with van der Waals surface area (Å²) < 4.78 is 45.1. The van der Waals surface area contributed by atoms with Crippen molar-refractivity contribution >= 4 is 27.5 Å². The minimum absolute atomic E-state index is 0.167. The second kappa shape index (κ2) is 7.31. The molecular weight excluding hydrogens is 335 g/mol. The van der Waals surface area contributed by atoms with Gasteiger partial charge in [0, 0.05) is 11.4 Å². The number of benzene rings is 2. The zero-order valence-electron chi connectivity index (χ0n) is 13.2. The summed E-state index contributed by atoms with van der Waals surface area (Å²) in [5, 5.41) is 2.49. The van der Waals surface area contributed by atoms with Crippen LogP contribution in [0.1, 0.15) is 12.5 Å². The first-order valence-electron chi connectivity index (χ1n) is 7.14. The van der Waals surface area contributed by atoms with Crippen LogP contribution >= 0.6 is 0 Å². The van der Waals surface area contributed by atoms with Gasteiger partial charge in [-0.15, -0.1) is 0 Å². The molecule has 0 saturated carbocycles. The number of anilines is 2. The number of hydrogen-bond acceptors (Lipinski definition) is 4. The largest absolute Gasteiger partial charge is 0.450 e. The van der Waals surface area contributed by atoms with Gasteiger partial charge in [0.05, 0.1) is 11.5 Å². The highest BCUT2D eigenvalue weighted by atomic mass is 32.2. The van der Waals surface area contributed by atoms with Gasteiger partial charge in [0.2, 0.25) is 0 Å². The average Bonchev–Trinajstić information content (AvgIpc) is 2.52. The number of aryl methyl sites for hydroxylation is 1. The van der Waals surface area contributed by atoms with Crippen molar-refractivity contribution in [2.45, 2.75) is 18.7 Å². The topological polar surface area (TPSA) is 84.5 Å². The van der Waals surface area contributed by atoms with Crippen LogP contribution in [0.3, 0.4) is 0 Å². The fraction of sp³-hybridized carbons (Fsp3) is 0.188. The van der Waals surface area contributed by atoms with E-state index in [-0.39, 0.29) is 17.2 Å². The Bertz CT molecular complexity index is 836. The number of halogens is 1. The summed E-state index contributed by atoms with van der Waals surface area (Å²) in [5.41, 5.74) is 1.10. The van der Waals surface area contributed by atoms with E-state index in [0.29, 0.717) is 11.3 Å². The smallest absolute Gasteiger partial charge is 0.411 e. The molecule has 2 rings (SSSR count). The predicted octanol–water partition coefficient (Wildman–Crippen LogP) is 3.50. The van der Waals surface area contributed by atoms with Gasteiger partial charge in [0.15, 0.2) is 0 Å². The molecule has 0 saturated heterocycles. The van der Waals surface area contributed by atoms with Gasteiger partial charge in [-0.25, -0.2) is 17.6 Å². The van der Waals surface area contributed by atoms with Crippen molar-refractivity contribution in [3.63, 3.8) is 0 Å². The van der Waals surface area contributed by atoms with Crippen LogP contribution in [-0.4, -0.2) is 21.1 Å². The lowest BCUT2D eigenvalue weighted by molar-refractivity contribution is 0.168. The molecule has 0 bridgehead atoms. The Hall–Kier alpha value is -2.61. The van der Waals surface area contributed by atoms with Crippen molar-refractivity contribution in [2.24, 2.45) is 0 Å². The van der Waals surface area contributed by atoms with Crippen LogP contribution < -0.4 is 10.0 Å². The Kier molecular flexibility index (Phi) is 5.40. The molecule has 2 N–H and O–H groups in total. The quantitative estimate of drug-likeness (QED) is 0.862. The second-order valence-electron chi connectivity index (χ2n) is 4.94. The van der Waals surface area contributed by atoms with Crippen LogP contribution in [0.25, 0.3) is 0 Å². The van der Waals surface area contributed by atoms with Crippen molar-refractivity contribution in [3.05, 3.63) is 53.8 Å². The van der Waals surface area contributed by atoms with Gasteiger partial charge in [0.25, 0.3) is 10.0 Å². The summed E-state index contributed by atoms with van der Waals surface area (Å²) in [6.45, 7) is 3.48. The second-order valence-corrected chi connectivity index (χ2v) is 6.62. The molecule has 0 radical (unpaired) electrons. The van der Waals surface area contributed by atoms with Gasteiger partial charge >= 0.3 is 6.09 Å². The SMILES string of the molecule is CCOC(=O)Nc1ccc(NS(=O)(=O)c2ccc(C)c(F)c2)cc1. The van der Waals surface area contributed by atoms with Crippen LogP contribution in [0.15, 0.2) is 47.4 Å². The van der Waals surface area contributed by atoms with Gasteiger partial charge in [-0.3, -0.25) is 10.0 Å². The molecule has 8 heteroatoms. The summed E-state index contributed by atoms with van der Waals surface area (Å²) in [6, 6.07) is 9.68. The summed E-state index contributed by atoms with van der Waals surface area (Å²) in [5.74, 6) is -0.591. The number of carbonyl (C=O) groups is 1. The molecule has 128 valence electrons. The normalized spacial score (nSPS) is 11.0. The maximum Gasteiger partial charge on any atom is 0.411 e. The van der Waals surface area contributed by atoms with E-state index in [1.54, 1.807) is 13.8 Å². The number of sulfonamides is 1. The summed E-state index contributed by atoms with van der Waals surface area (Å²) in [7, 11) is -3.90. The summed E-state index contributed by atoms with van der Waals surface area (Å²) >= 11 is 0. The molecule has 0 aromatic heterocycles. The zero-order chi connectivity index (χ0) is 17.7. The Balaban J connectivity index is 2.12. The van der Waals surface area contributed by atoms with Crippen molar-refractivity contribution in [1.82, 2.24) is 0 Å². The highest BCUT2D eigenvalue weighted by Crippen LogP contribution is 2.20. The molecule has 24 heavy (non-hydrogen) atoms. The molecule has 0 heterocycles. The Morgan fingerprint density at radius 2 is 1.75 bits per heavy atom. The number of rotatable bonds is 5. The molecule has 0 aliphatic carbocycles. The first-order valence-corrected chi connectivity index (χ1v) is 8.63. The average molecular weight is 352 g/mol. The van der Waals surface area contributed by atoms with Crippen molar-refractivity contribution < 1.29 is 22.3 Å². The fourth-order valence-electron chi connectivity index (χ4n) is 1.86. The van der Waals surface area contributed by atoms with E-state index >= 15 is 0 Å². The van der Waals surface area contributed by atoms with E-state index in [1.165, 1.54) is 36.4 Å². The van der Waals surface area contributed by atoms with Gasteiger partial charge in [0.1, 0.15) is 5.82 Å². The molecule has 2 aromatic rings. The Morgan fingerprint density at radius 1 is 1.12 bits per heavy atom. The highest BCUT2D eigenvalue weighted by molar-refractivity contribution is 7.92. The Morgan fingerprint density at radius 3 is 2.33 bits per heavy atom. The summed E-state index contributed by atoms with van der Waals surface area (Å²) in [4.78, 5) is 11.1. The van der Waals surface area contributed by atoms with Crippen molar-refractivity contribution in [2.75, 3.05) is 16.6 Å². The maximum absolute atomic E-state index is 13.5. The van der Waals surface area contributed by atoms with Gasteiger partial charge in [-0.05, 0) is 55.8 Å². The van der Waals surface area contributed by atoms with Crippen LogP contribution in [0, 0.1) is 12.7 Å².